The molecule has 1 amide bonds. The van der Waals surface area contributed by atoms with E-state index in [1.54, 1.807) is 0 Å². The normalized spacial score (nSPS) is 29.7. The van der Waals surface area contributed by atoms with Crippen LogP contribution in [0.5, 0.6) is 0 Å². The Morgan fingerprint density at radius 3 is 3.19 bits per heavy atom. The summed E-state index contributed by atoms with van der Waals surface area (Å²) in [6, 6.07) is 0.325. The lowest BCUT2D eigenvalue weighted by Crippen LogP contribution is -2.46. The first-order valence-electron chi connectivity index (χ1n) is 5.86. The van der Waals surface area contributed by atoms with Gasteiger partial charge in [-0.25, -0.2) is 0 Å². The van der Waals surface area contributed by atoms with Gasteiger partial charge in [0.25, 0.3) is 0 Å². The molecule has 2 unspecified atom stereocenters. The second-order valence-corrected chi connectivity index (χ2v) is 4.47. The van der Waals surface area contributed by atoms with Crippen LogP contribution in [-0.2, 0) is 14.3 Å². The molecule has 0 aliphatic carbocycles. The van der Waals surface area contributed by atoms with Crippen LogP contribution in [0, 0.1) is 5.92 Å². The molecule has 0 radical (unpaired) electrons. The van der Waals surface area contributed by atoms with Crippen LogP contribution >= 0.6 is 0 Å². The molecular formula is C11H18N2O3. The lowest BCUT2D eigenvalue weighted by atomic mass is 9.93. The molecule has 2 heterocycles. The van der Waals surface area contributed by atoms with E-state index in [4.69, 9.17) is 4.74 Å². The van der Waals surface area contributed by atoms with Gasteiger partial charge in [0, 0.05) is 31.5 Å². The van der Waals surface area contributed by atoms with Gasteiger partial charge >= 0.3 is 5.97 Å². The van der Waals surface area contributed by atoms with E-state index in [-0.39, 0.29) is 11.9 Å². The Morgan fingerprint density at radius 2 is 2.44 bits per heavy atom. The number of esters is 1. The van der Waals surface area contributed by atoms with Gasteiger partial charge in [0.1, 0.15) is 0 Å². The van der Waals surface area contributed by atoms with Gasteiger partial charge in [-0.2, -0.15) is 0 Å². The Kier molecular flexibility index (Phi) is 3.43. The van der Waals surface area contributed by atoms with E-state index >= 15 is 0 Å². The third-order valence-electron chi connectivity index (χ3n) is 3.27. The fraction of sp³-hybridized carbons (Fsp3) is 0.818. The van der Waals surface area contributed by atoms with Crippen LogP contribution in [0.3, 0.4) is 0 Å². The molecule has 0 aromatic rings. The Balaban J connectivity index is 1.82. The number of carbonyl (C=O) groups is 2. The van der Waals surface area contributed by atoms with Crippen molar-refractivity contribution in [3.05, 3.63) is 0 Å². The van der Waals surface area contributed by atoms with E-state index in [9.17, 15) is 9.59 Å². The second kappa shape index (κ2) is 4.82. The number of ether oxygens (including phenoxy) is 1. The first-order valence-corrected chi connectivity index (χ1v) is 5.86. The molecule has 0 aromatic carbocycles. The van der Waals surface area contributed by atoms with Crippen LogP contribution in [0.25, 0.3) is 0 Å². The van der Waals surface area contributed by atoms with Crippen LogP contribution in [-0.4, -0.2) is 49.1 Å². The lowest BCUT2D eigenvalue weighted by Gasteiger charge is -2.33. The summed E-state index contributed by atoms with van der Waals surface area (Å²) >= 11 is 0. The van der Waals surface area contributed by atoms with Crippen LogP contribution in [0.4, 0.5) is 0 Å². The van der Waals surface area contributed by atoms with Gasteiger partial charge in [-0.3, -0.25) is 14.5 Å². The summed E-state index contributed by atoms with van der Waals surface area (Å²) in [5.74, 6) is 0.349. The summed E-state index contributed by atoms with van der Waals surface area (Å²) in [7, 11) is 0. The maximum Gasteiger partial charge on any atom is 0.320 e. The maximum atomic E-state index is 11.3. The molecule has 5 nitrogen and oxygen atoms in total. The number of piperidine rings is 1. The maximum absolute atomic E-state index is 11.3. The van der Waals surface area contributed by atoms with Crippen molar-refractivity contribution in [2.24, 2.45) is 5.92 Å². The van der Waals surface area contributed by atoms with E-state index in [0.29, 0.717) is 31.5 Å². The average molecular weight is 226 g/mol. The number of hydrogen-bond donors (Lipinski definition) is 1. The molecule has 90 valence electrons. The summed E-state index contributed by atoms with van der Waals surface area (Å²) in [5, 5.41) is 2.97. The minimum Gasteiger partial charge on any atom is -0.465 e. The largest absolute Gasteiger partial charge is 0.465 e. The fourth-order valence-electron chi connectivity index (χ4n) is 2.54. The van der Waals surface area contributed by atoms with Crippen molar-refractivity contribution in [3.8, 4) is 0 Å². The highest BCUT2D eigenvalue weighted by molar-refractivity contribution is 5.79. The molecule has 0 saturated carbocycles. The molecule has 2 aliphatic rings. The van der Waals surface area contributed by atoms with Gasteiger partial charge in [-0.15, -0.1) is 0 Å². The number of nitrogens with zero attached hydrogens (tertiary/aromatic N) is 1. The van der Waals surface area contributed by atoms with Crippen LogP contribution in [0.1, 0.15) is 19.8 Å². The second-order valence-electron chi connectivity index (χ2n) is 4.47. The monoisotopic (exact) mass is 226 g/mol. The Morgan fingerprint density at radius 1 is 1.62 bits per heavy atom. The predicted molar refractivity (Wildman–Crippen MR) is 57.7 cm³/mol. The van der Waals surface area contributed by atoms with Gasteiger partial charge in [-0.1, -0.05) is 0 Å². The SMILES string of the molecule is CCOC(=O)CN1CCC2NC(=O)CC2C1. The van der Waals surface area contributed by atoms with Gasteiger partial charge in [0.15, 0.2) is 0 Å². The molecule has 0 spiro atoms. The van der Waals surface area contributed by atoms with E-state index < -0.39 is 0 Å². The van der Waals surface area contributed by atoms with Gasteiger partial charge in [-0.05, 0) is 13.3 Å². The summed E-state index contributed by atoms with van der Waals surface area (Å²) < 4.78 is 4.91. The minimum atomic E-state index is -0.168. The highest BCUT2D eigenvalue weighted by Crippen LogP contribution is 2.24. The van der Waals surface area contributed by atoms with Crippen LogP contribution in [0.2, 0.25) is 0 Å². The zero-order valence-corrected chi connectivity index (χ0v) is 9.57. The van der Waals surface area contributed by atoms with Crippen LogP contribution < -0.4 is 5.32 Å². The molecule has 2 atom stereocenters. The highest BCUT2D eigenvalue weighted by Gasteiger charge is 2.37. The zero-order chi connectivity index (χ0) is 11.5. The first-order chi connectivity index (χ1) is 7.69. The number of hydrogen-bond acceptors (Lipinski definition) is 4. The van der Waals surface area contributed by atoms with E-state index in [0.717, 1.165) is 19.5 Å². The molecule has 0 aromatic heterocycles. The molecular weight excluding hydrogens is 208 g/mol. The fourth-order valence-corrected chi connectivity index (χ4v) is 2.54. The Hall–Kier alpha value is -1.10. The smallest absolute Gasteiger partial charge is 0.320 e. The van der Waals surface area contributed by atoms with Crippen molar-refractivity contribution in [1.29, 1.82) is 0 Å². The quantitative estimate of drug-likeness (QED) is 0.675. The summed E-state index contributed by atoms with van der Waals surface area (Å²) in [6.45, 7) is 4.27. The third kappa shape index (κ3) is 2.52. The standard InChI is InChI=1S/C11H18N2O3/c1-2-16-11(15)7-13-4-3-9-8(6-13)5-10(14)12-9/h8-9H,2-7H2,1H3,(H,12,14). The molecule has 1 N–H and O–H groups in total. The van der Waals surface area contributed by atoms with Gasteiger partial charge in [0.2, 0.25) is 5.91 Å². The molecule has 0 bridgehead atoms. The minimum absolute atomic E-state index is 0.146. The van der Waals surface area contributed by atoms with Crippen molar-refractivity contribution in [3.63, 3.8) is 0 Å². The Bertz CT molecular complexity index is 293. The third-order valence-corrected chi connectivity index (χ3v) is 3.27. The van der Waals surface area contributed by atoms with E-state index in [1.807, 2.05) is 6.92 Å². The summed E-state index contributed by atoms with van der Waals surface area (Å²) in [5.41, 5.74) is 0. The molecule has 16 heavy (non-hydrogen) atoms. The summed E-state index contributed by atoms with van der Waals surface area (Å²) in [6.07, 6.45) is 1.54. The molecule has 2 aliphatic heterocycles. The number of amides is 1. The molecule has 2 fully saturated rings. The van der Waals surface area contributed by atoms with Crippen molar-refractivity contribution < 1.29 is 14.3 Å². The number of rotatable bonds is 3. The number of likely N-dealkylation sites (tertiary alicyclic amines) is 1. The Labute approximate surface area is 95.1 Å². The number of carbonyl (C=O) groups excluding carboxylic acids is 2. The van der Waals surface area contributed by atoms with E-state index in [1.165, 1.54) is 0 Å². The number of fused-ring (bicyclic) bond motifs is 1. The summed E-state index contributed by atoms with van der Waals surface area (Å²) in [4.78, 5) is 24.6. The van der Waals surface area contributed by atoms with Crippen molar-refractivity contribution in [2.45, 2.75) is 25.8 Å². The first kappa shape index (κ1) is 11.4. The lowest BCUT2D eigenvalue weighted by molar-refractivity contribution is -0.144. The van der Waals surface area contributed by atoms with Crippen molar-refractivity contribution >= 4 is 11.9 Å². The van der Waals surface area contributed by atoms with Crippen LogP contribution in [0.15, 0.2) is 0 Å². The van der Waals surface area contributed by atoms with Crippen molar-refractivity contribution in [1.82, 2.24) is 10.2 Å². The predicted octanol–water partition coefficient (Wildman–Crippen LogP) is -0.240. The van der Waals surface area contributed by atoms with E-state index in [2.05, 4.69) is 10.2 Å². The topological polar surface area (TPSA) is 58.6 Å². The van der Waals surface area contributed by atoms with Crippen molar-refractivity contribution in [2.75, 3.05) is 26.2 Å². The van der Waals surface area contributed by atoms with Gasteiger partial charge < -0.3 is 10.1 Å². The average Bonchev–Trinajstić information content (AvgIpc) is 2.57. The highest BCUT2D eigenvalue weighted by atomic mass is 16.5. The molecule has 2 saturated heterocycles. The zero-order valence-electron chi connectivity index (χ0n) is 9.57. The number of nitrogens with one attached hydrogen (secondary N) is 1. The van der Waals surface area contributed by atoms with Gasteiger partial charge in [0.05, 0.1) is 13.2 Å². The molecule has 5 heteroatoms. The molecule has 2 rings (SSSR count).